The van der Waals surface area contributed by atoms with Crippen molar-refractivity contribution in [1.82, 2.24) is 14.8 Å². The lowest BCUT2D eigenvalue weighted by Crippen LogP contribution is -2.68. The Morgan fingerprint density at radius 2 is 1.90 bits per heavy atom. The van der Waals surface area contributed by atoms with Gasteiger partial charge < -0.3 is 0 Å². The number of para-hydroxylation sites is 1. The molecule has 2 bridgehead atoms. The van der Waals surface area contributed by atoms with E-state index in [0.29, 0.717) is 17.0 Å². The second-order valence-electron chi connectivity index (χ2n) is 9.19. The van der Waals surface area contributed by atoms with Crippen molar-refractivity contribution < 1.29 is 13.6 Å². The number of hydrogen-bond acceptors (Lipinski definition) is 3. The quantitative estimate of drug-likeness (QED) is 0.567. The molecular formula is C23H19ClF2N4O. The molecule has 3 aliphatic carbocycles. The van der Waals surface area contributed by atoms with Crippen molar-refractivity contribution >= 4 is 34.6 Å². The Kier molecular flexibility index (Phi) is 3.88. The van der Waals surface area contributed by atoms with E-state index in [1.54, 1.807) is 6.21 Å². The van der Waals surface area contributed by atoms with Crippen LogP contribution in [0.4, 0.5) is 8.78 Å². The van der Waals surface area contributed by atoms with Crippen molar-refractivity contribution in [3.63, 3.8) is 0 Å². The van der Waals surface area contributed by atoms with E-state index in [-0.39, 0.29) is 11.3 Å². The van der Waals surface area contributed by atoms with Crippen LogP contribution in [0.25, 0.3) is 10.9 Å². The second-order valence-corrected chi connectivity index (χ2v) is 9.60. The first-order valence-corrected chi connectivity index (χ1v) is 10.7. The van der Waals surface area contributed by atoms with Gasteiger partial charge in [0.25, 0.3) is 0 Å². The van der Waals surface area contributed by atoms with E-state index in [0.717, 1.165) is 42.8 Å². The Labute approximate surface area is 182 Å². The molecule has 0 spiro atoms. The van der Waals surface area contributed by atoms with Gasteiger partial charge in [-0.25, -0.2) is 13.8 Å². The Morgan fingerprint density at radius 1 is 1.16 bits per heavy atom. The average Bonchev–Trinajstić information content (AvgIpc) is 3.30. The molecule has 2 aromatic carbocycles. The first kappa shape index (κ1) is 18.9. The maximum Gasteiger partial charge on any atom is 0.249 e. The third-order valence-corrected chi connectivity index (χ3v) is 7.30. The molecule has 31 heavy (non-hydrogen) atoms. The van der Waals surface area contributed by atoms with E-state index in [1.807, 2.05) is 29.1 Å². The summed E-state index contributed by atoms with van der Waals surface area (Å²) in [6.07, 6.45) is 6.20. The Bertz CT molecular complexity index is 1230. The van der Waals surface area contributed by atoms with Crippen LogP contribution in [0, 0.1) is 22.5 Å². The second kappa shape index (κ2) is 6.36. The summed E-state index contributed by atoms with van der Waals surface area (Å²) in [5, 5.41) is 11.9. The number of carbonyl (C=O) groups excluding carboxylic acids is 1. The molecule has 1 aromatic heterocycles. The van der Waals surface area contributed by atoms with Gasteiger partial charge in [0.05, 0.1) is 28.2 Å². The van der Waals surface area contributed by atoms with Gasteiger partial charge in [0.15, 0.2) is 0 Å². The minimum Gasteiger partial charge on any atom is -0.272 e. The van der Waals surface area contributed by atoms with Crippen LogP contribution in [0.1, 0.15) is 37.3 Å². The maximum atomic E-state index is 13.7. The number of fused-ring (bicyclic) bond motifs is 1. The predicted octanol–water partition coefficient (Wildman–Crippen LogP) is 5.10. The first-order valence-electron chi connectivity index (χ1n) is 10.3. The van der Waals surface area contributed by atoms with E-state index in [2.05, 4.69) is 10.2 Å². The first-order chi connectivity index (χ1) is 14.9. The molecule has 3 saturated carbocycles. The topological polar surface area (TPSA) is 50.5 Å². The molecule has 5 nitrogen and oxygen atoms in total. The van der Waals surface area contributed by atoms with Crippen LogP contribution >= 0.6 is 11.6 Å². The lowest BCUT2D eigenvalue weighted by atomic mass is 9.34. The molecule has 3 fully saturated rings. The van der Waals surface area contributed by atoms with Crippen molar-refractivity contribution in [1.29, 1.82) is 0 Å². The molecule has 2 heterocycles. The molecule has 0 radical (unpaired) electrons. The smallest absolute Gasteiger partial charge is 0.249 e. The van der Waals surface area contributed by atoms with E-state index in [4.69, 9.17) is 11.6 Å². The van der Waals surface area contributed by atoms with Gasteiger partial charge in [0, 0.05) is 30.6 Å². The molecule has 1 atom stereocenters. The molecule has 4 aliphatic rings. The number of aromatic nitrogens is 2. The van der Waals surface area contributed by atoms with Gasteiger partial charge in [-0.1, -0.05) is 23.7 Å². The average molecular weight is 441 g/mol. The van der Waals surface area contributed by atoms with E-state index in [9.17, 15) is 13.6 Å². The molecule has 158 valence electrons. The molecule has 7 rings (SSSR count). The zero-order valence-electron chi connectivity index (χ0n) is 16.6. The van der Waals surface area contributed by atoms with Gasteiger partial charge >= 0.3 is 0 Å². The molecule has 1 amide bonds. The predicted molar refractivity (Wildman–Crippen MR) is 113 cm³/mol. The molecule has 1 unspecified atom stereocenters. The summed E-state index contributed by atoms with van der Waals surface area (Å²) < 4.78 is 29.3. The number of halogens is 3. The molecule has 3 aromatic rings. The maximum absolute atomic E-state index is 13.7. The van der Waals surface area contributed by atoms with E-state index < -0.39 is 23.1 Å². The van der Waals surface area contributed by atoms with Crippen molar-refractivity contribution in [2.24, 2.45) is 15.9 Å². The fourth-order valence-corrected chi connectivity index (χ4v) is 6.10. The fourth-order valence-electron chi connectivity index (χ4n) is 5.83. The number of rotatable bonds is 4. The van der Waals surface area contributed by atoms with Gasteiger partial charge in [0.2, 0.25) is 5.91 Å². The zero-order chi connectivity index (χ0) is 21.4. The van der Waals surface area contributed by atoms with Crippen molar-refractivity contribution in [2.75, 3.05) is 0 Å². The van der Waals surface area contributed by atoms with E-state index >= 15 is 0 Å². The van der Waals surface area contributed by atoms with Crippen LogP contribution < -0.4 is 0 Å². The summed E-state index contributed by atoms with van der Waals surface area (Å²) in [6.45, 7) is 0.719. The monoisotopic (exact) mass is 440 g/mol. The van der Waals surface area contributed by atoms with Crippen LogP contribution in [0.2, 0.25) is 5.02 Å². The summed E-state index contributed by atoms with van der Waals surface area (Å²) >= 11 is 6.38. The number of benzene rings is 2. The standard InChI is InChI=1S/C23H19ClF2N4O/c24-18-3-1-2-14-9-28-29(20(14)18)13-22-10-23(11-22,12-22)21(31)30-19(4-5-27-30)15-6-16(25)8-17(26)7-15/h1-3,5-9,19H,4,10-13H2. The highest BCUT2D eigenvalue weighted by molar-refractivity contribution is 6.35. The number of amides is 1. The molecule has 8 heteroatoms. The van der Waals surface area contributed by atoms with E-state index in [1.165, 1.54) is 17.1 Å². The van der Waals surface area contributed by atoms with Crippen LogP contribution in [0.5, 0.6) is 0 Å². The molecule has 0 saturated heterocycles. The lowest BCUT2D eigenvalue weighted by molar-refractivity contribution is -0.223. The zero-order valence-corrected chi connectivity index (χ0v) is 17.3. The number of hydrazone groups is 1. The Hall–Kier alpha value is -2.80. The van der Waals surface area contributed by atoms with Crippen molar-refractivity contribution in [2.45, 2.75) is 38.3 Å². The Morgan fingerprint density at radius 3 is 2.65 bits per heavy atom. The normalized spacial score (nSPS) is 28.6. The molecule has 0 N–H and O–H groups in total. The third kappa shape index (κ3) is 2.75. The summed E-state index contributed by atoms with van der Waals surface area (Å²) in [4.78, 5) is 13.3. The number of hydrogen-bond donors (Lipinski definition) is 0. The highest BCUT2D eigenvalue weighted by atomic mass is 35.5. The van der Waals surface area contributed by atoms with Crippen LogP contribution in [0.15, 0.2) is 47.7 Å². The minimum atomic E-state index is -0.649. The largest absolute Gasteiger partial charge is 0.272 e. The van der Waals surface area contributed by atoms with Crippen molar-refractivity contribution in [3.05, 3.63) is 64.8 Å². The van der Waals surface area contributed by atoms with Crippen molar-refractivity contribution in [3.8, 4) is 0 Å². The van der Waals surface area contributed by atoms with Gasteiger partial charge in [0.1, 0.15) is 11.6 Å². The molecule has 1 aliphatic heterocycles. The highest BCUT2D eigenvalue weighted by Crippen LogP contribution is 2.74. The highest BCUT2D eigenvalue weighted by Gasteiger charge is 2.72. The SMILES string of the molecule is O=C(N1N=CCC1c1cc(F)cc(F)c1)C12CC(Cn3ncc4cccc(Cl)c43)(C1)C2. The fraction of sp³-hybridized carbons (Fsp3) is 0.348. The summed E-state index contributed by atoms with van der Waals surface area (Å²) in [5.74, 6) is -1.35. The van der Waals surface area contributed by atoms with Crippen LogP contribution in [0.3, 0.4) is 0 Å². The summed E-state index contributed by atoms with van der Waals surface area (Å²) in [5.41, 5.74) is 0.963. The summed E-state index contributed by atoms with van der Waals surface area (Å²) in [6, 6.07) is 8.67. The Balaban J connectivity index is 1.19. The number of nitrogens with zero attached hydrogens (tertiary/aromatic N) is 4. The lowest BCUT2D eigenvalue weighted by Gasteiger charge is -2.69. The van der Waals surface area contributed by atoms with Crippen LogP contribution in [-0.4, -0.2) is 26.9 Å². The summed E-state index contributed by atoms with van der Waals surface area (Å²) in [7, 11) is 0. The minimum absolute atomic E-state index is 0.0394. The van der Waals surface area contributed by atoms with Crippen LogP contribution in [-0.2, 0) is 11.3 Å². The molecular weight excluding hydrogens is 422 g/mol. The number of carbonyl (C=O) groups is 1. The third-order valence-electron chi connectivity index (χ3n) is 7.00. The van der Waals surface area contributed by atoms with Gasteiger partial charge in [-0.3, -0.25) is 9.48 Å². The van der Waals surface area contributed by atoms with Gasteiger partial charge in [-0.05, 0) is 48.4 Å². The van der Waals surface area contributed by atoms with Gasteiger partial charge in [-0.15, -0.1) is 0 Å². The van der Waals surface area contributed by atoms with Gasteiger partial charge in [-0.2, -0.15) is 10.2 Å².